The van der Waals surface area contributed by atoms with Gasteiger partial charge in [-0.15, -0.1) is 0 Å². The molecule has 0 amide bonds. The molecule has 0 N–H and O–H groups in total. The molecule has 45 heavy (non-hydrogen) atoms. The van der Waals surface area contributed by atoms with Crippen molar-refractivity contribution in [3.05, 3.63) is 157 Å². The van der Waals surface area contributed by atoms with Crippen molar-refractivity contribution in [2.75, 3.05) is 4.90 Å². The van der Waals surface area contributed by atoms with Crippen LogP contribution in [0.5, 0.6) is 0 Å². The first-order valence-corrected chi connectivity index (χ1v) is 15.5. The molecule has 214 valence electrons. The Morgan fingerprint density at radius 3 is 2.13 bits per heavy atom. The second-order valence-corrected chi connectivity index (χ2v) is 12.4. The van der Waals surface area contributed by atoms with Gasteiger partial charge in [-0.05, 0) is 74.5 Å². The van der Waals surface area contributed by atoms with E-state index in [1.54, 1.807) is 0 Å². The van der Waals surface area contributed by atoms with Crippen molar-refractivity contribution in [1.82, 2.24) is 4.98 Å². The first kappa shape index (κ1) is 25.8. The molecule has 0 bridgehead atoms. The summed E-state index contributed by atoms with van der Waals surface area (Å²) < 4.78 is 6.48. The van der Waals surface area contributed by atoms with Crippen molar-refractivity contribution in [3.63, 3.8) is 0 Å². The number of furan rings is 1. The number of anilines is 3. The van der Waals surface area contributed by atoms with E-state index in [1.165, 1.54) is 44.2 Å². The van der Waals surface area contributed by atoms with Crippen LogP contribution in [-0.4, -0.2) is 4.98 Å². The molecule has 2 heterocycles. The Balaban J connectivity index is 1.24. The lowest BCUT2D eigenvalue weighted by molar-refractivity contribution is 0.660. The zero-order valence-electron chi connectivity index (χ0n) is 25.2. The van der Waals surface area contributed by atoms with E-state index in [4.69, 9.17) is 9.40 Å². The van der Waals surface area contributed by atoms with E-state index in [-0.39, 0.29) is 5.41 Å². The van der Waals surface area contributed by atoms with E-state index in [2.05, 4.69) is 158 Å². The van der Waals surface area contributed by atoms with Gasteiger partial charge in [0.2, 0.25) is 0 Å². The second kappa shape index (κ2) is 9.67. The SMILES string of the molecule is CC1(C)c2ccccc2-c2cc(N(c3ccc(-c4ccccc4)cc3)c3cc4oc5ccc6ccccc6c5c4cn3)ccc21. The predicted octanol–water partition coefficient (Wildman–Crippen LogP) is 11.6. The summed E-state index contributed by atoms with van der Waals surface area (Å²) >= 11 is 0. The minimum absolute atomic E-state index is 0.0547. The van der Waals surface area contributed by atoms with Crippen molar-refractivity contribution >= 4 is 49.9 Å². The van der Waals surface area contributed by atoms with E-state index in [1.807, 2.05) is 6.20 Å². The van der Waals surface area contributed by atoms with E-state index in [0.717, 1.165) is 39.1 Å². The van der Waals surface area contributed by atoms with Gasteiger partial charge in [0, 0.05) is 39.8 Å². The molecule has 0 saturated carbocycles. The van der Waals surface area contributed by atoms with Crippen LogP contribution in [0.1, 0.15) is 25.0 Å². The van der Waals surface area contributed by atoms with Crippen molar-refractivity contribution in [3.8, 4) is 22.3 Å². The lowest BCUT2D eigenvalue weighted by atomic mass is 9.82. The Bertz CT molecular complexity index is 2400. The molecule has 2 aromatic heterocycles. The van der Waals surface area contributed by atoms with Crippen molar-refractivity contribution in [1.29, 1.82) is 0 Å². The van der Waals surface area contributed by atoms with Crippen molar-refractivity contribution in [2.24, 2.45) is 0 Å². The van der Waals surface area contributed by atoms with Crippen LogP contribution in [0.15, 0.2) is 150 Å². The standard InChI is InChI=1S/C42H30N2O/c1-42(2)36-15-9-8-14-33(36)34-24-31(21-22-37(34)42)44(30-19-16-28(17-20-30)27-10-4-3-5-11-27)40-25-39-35(26-43-40)41-32-13-7-6-12-29(32)18-23-38(41)45-39/h3-26H,1-2H3. The molecule has 8 aromatic rings. The fourth-order valence-electron chi connectivity index (χ4n) is 7.25. The zero-order valence-corrected chi connectivity index (χ0v) is 25.2. The molecule has 0 aliphatic heterocycles. The minimum Gasteiger partial charge on any atom is -0.456 e. The van der Waals surface area contributed by atoms with Crippen molar-refractivity contribution in [2.45, 2.75) is 19.3 Å². The van der Waals surface area contributed by atoms with Crippen LogP contribution in [0.2, 0.25) is 0 Å². The summed E-state index contributed by atoms with van der Waals surface area (Å²) in [6.45, 7) is 4.64. The van der Waals surface area contributed by atoms with Gasteiger partial charge in [0.05, 0.1) is 0 Å². The van der Waals surface area contributed by atoms with Crippen molar-refractivity contribution < 1.29 is 4.42 Å². The number of pyridine rings is 1. The topological polar surface area (TPSA) is 29.3 Å². The van der Waals surface area contributed by atoms with Gasteiger partial charge in [-0.2, -0.15) is 0 Å². The molecule has 0 saturated heterocycles. The number of hydrogen-bond donors (Lipinski definition) is 0. The van der Waals surface area contributed by atoms with Gasteiger partial charge in [-0.25, -0.2) is 4.98 Å². The Labute approximate surface area is 262 Å². The number of hydrogen-bond acceptors (Lipinski definition) is 3. The lowest BCUT2D eigenvalue weighted by Crippen LogP contribution is -2.15. The maximum absolute atomic E-state index is 6.48. The average molecular weight is 579 g/mol. The smallest absolute Gasteiger partial charge is 0.141 e. The summed E-state index contributed by atoms with van der Waals surface area (Å²) in [7, 11) is 0. The van der Waals surface area contributed by atoms with E-state index in [9.17, 15) is 0 Å². The van der Waals surface area contributed by atoms with Gasteiger partial charge < -0.3 is 4.42 Å². The molecular formula is C42H30N2O. The highest BCUT2D eigenvalue weighted by Gasteiger charge is 2.35. The molecule has 0 radical (unpaired) electrons. The minimum atomic E-state index is -0.0547. The first-order chi connectivity index (χ1) is 22.1. The third kappa shape index (κ3) is 3.94. The van der Waals surface area contributed by atoms with Crippen LogP contribution in [-0.2, 0) is 5.41 Å². The average Bonchev–Trinajstić information content (AvgIpc) is 3.57. The summed E-state index contributed by atoms with van der Waals surface area (Å²) in [4.78, 5) is 7.35. The van der Waals surface area contributed by atoms with E-state index in [0.29, 0.717) is 0 Å². The largest absolute Gasteiger partial charge is 0.456 e. The van der Waals surface area contributed by atoms with Crippen LogP contribution in [0.4, 0.5) is 17.2 Å². The lowest BCUT2D eigenvalue weighted by Gasteiger charge is -2.26. The molecule has 9 rings (SSSR count). The molecule has 3 nitrogen and oxygen atoms in total. The molecule has 3 heteroatoms. The summed E-state index contributed by atoms with van der Waals surface area (Å²) in [5.74, 6) is 0.809. The number of rotatable bonds is 4. The molecule has 0 atom stereocenters. The van der Waals surface area contributed by atoms with E-state index < -0.39 is 0 Å². The second-order valence-electron chi connectivity index (χ2n) is 12.4. The highest BCUT2D eigenvalue weighted by Crippen LogP contribution is 2.50. The Morgan fingerprint density at radius 1 is 0.556 bits per heavy atom. The fraction of sp³-hybridized carbons (Fsp3) is 0.0714. The molecule has 1 aliphatic carbocycles. The quantitative estimate of drug-likeness (QED) is 0.208. The summed E-state index contributed by atoms with van der Waals surface area (Å²) in [6, 6.07) is 49.6. The van der Waals surface area contributed by atoms with E-state index >= 15 is 0 Å². The highest BCUT2D eigenvalue weighted by molar-refractivity contribution is 6.18. The Morgan fingerprint density at radius 2 is 1.27 bits per heavy atom. The monoisotopic (exact) mass is 578 g/mol. The zero-order chi connectivity index (χ0) is 30.1. The number of benzene rings is 6. The van der Waals surface area contributed by atoms with Gasteiger partial charge in [-0.3, -0.25) is 4.90 Å². The maximum Gasteiger partial charge on any atom is 0.141 e. The molecule has 0 spiro atoms. The summed E-state index contributed by atoms with van der Waals surface area (Å²) in [5.41, 5.74) is 11.4. The Hall–Kier alpha value is -5.67. The number of aromatic nitrogens is 1. The Kier molecular flexibility index (Phi) is 5.54. The van der Waals surface area contributed by atoms with Crippen LogP contribution >= 0.6 is 0 Å². The van der Waals surface area contributed by atoms with Crippen LogP contribution in [0.25, 0.3) is 55.0 Å². The first-order valence-electron chi connectivity index (χ1n) is 15.5. The summed E-state index contributed by atoms with van der Waals surface area (Å²) in [6.07, 6.45) is 1.97. The van der Waals surface area contributed by atoms with Gasteiger partial charge in [0.1, 0.15) is 17.0 Å². The van der Waals surface area contributed by atoms with Crippen LogP contribution in [0.3, 0.4) is 0 Å². The van der Waals surface area contributed by atoms with Gasteiger partial charge in [-0.1, -0.05) is 117 Å². The molecule has 6 aromatic carbocycles. The van der Waals surface area contributed by atoms with Gasteiger partial charge in [0.15, 0.2) is 0 Å². The summed E-state index contributed by atoms with van der Waals surface area (Å²) in [5, 5.41) is 4.50. The molecule has 1 aliphatic rings. The van der Waals surface area contributed by atoms with Gasteiger partial charge in [0.25, 0.3) is 0 Å². The highest BCUT2D eigenvalue weighted by atomic mass is 16.3. The molecule has 0 fully saturated rings. The number of fused-ring (bicyclic) bond motifs is 8. The molecular weight excluding hydrogens is 548 g/mol. The number of nitrogens with zero attached hydrogens (tertiary/aromatic N) is 2. The van der Waals surface area contributed by atoms with Gasteiger partial charge >= 0.3 is 0 Å². The van der Waals surface area contributed by atoms with Crippen LogP contribution < -0.4 is 4.90 Å². The molecule has 0 unspecified atom stereocenters. The third-order valence-electron chi connectivity index (χ3n) is 9.52. The fourth-order valence-corrected chi connectivity index (χ4v) is 7.25. The predicted molar refractivity (Wildman–Crippen MR) is 187 cm³/mol. The maximum atomic E-state index is 6.48. The third-order valence-corrected chi connectivity index (χ3v) is 9.52. The normalized spacial score (nSPS) is 13.3. The van der Waals surface area contributed by atoms with Crippen LogP contribution in [0, 0.1) is 0 Å².